The average Bonchev–Trinajstić information content (AvgIpc) is 3.21. The Labute approximate surface area is 163 Å². The first-order valence-electron chi connectivity index (χ1n) is 10.2. The van der Waals surface area contributed by atoms with Gasteiger partial charge in [-0.05, 0) is 68.1 Å². The molecule has 144 valence electrons. The Morgan fingerprint density at radius 3 is 2.54 bits per heavy atom. The maximum atomic E-state index is 14.1. The summed E-state index contributed by atoms with van der Waals surface area (Å²) in [5.41, 5.74) is 0.490. The number of ketones is 1. The third-order valence-electron chi connectivity index (χ3n) is 8.62. The van der Waals surface area contributed by atoms with Crippen LogP contribution in [0.4, 0.5) is 8.78 Å². The summed E-state index contributed by atoms with van der Waals surface area (Å²) in [6.45, 7) is 2.42. The van der Waals surface area contributed by atoms with Crippen molar-refractivity contribution in [3.63, 3.8) is 0 Å². The number of halogens is 2. The van der Waals surface area contributed by atoms with Gasteiger partial charge in [-0.2, -0.15) is 0 Å². The predicted molar refractivity (Wildman–Crippen MR) is 105 cm³/mol. The van der Waals surface area contributed by atoms with Crippen molar-refractivity contribution in [2.75, 3.05) is 11.5 Å². The molecule has 1 saturated heterocycles. The maximum absolute atomic E-state index is 14.1. The van der Waals surface area contributed by atoms with Crippen molar-refractivity contribution >= 4 is 29.3 Å². The fourth-order valence-electron chi connectivity index (χ4n) is 7.28. The number of rotatable bonds is 1. The molecule has 0 unspecified atom stereocenters. The number of carbonyl (C=O) groups is 1. The molecule has 5 heteroatoms. The third-order valence-corrected chi connectivity index (χ3v) is 12.0. The summed E-state index contributed by atoms with van der Waals surface area (Å²) in [4.78, 5) is 12.5. The summed E-state index contributed by atoms with van der Waals surface area (Å²) in [6.07, 6.45) is 6.93. The largest absolute Gasteiger partial charge is 0.299 e. The van der Waals surface area contributed by atoms with Crippen molar-refractivity contribution < 1.29 is 13.6 Å². The van der Waals surface area contributed by atoms with Crippen LogP contribution in [-0.2, 0) is 4.79 Å². The molecule has 4 fully saturated rings. The first-order chi connectivity index (χ1) is 12.4. The third kappa shape index (κ3) is 2.25. The Balaban J connectivity index is 1.49. The lowest BCUT2D eigenvalue weighted by atomic mass is 9.47. The molecule has 26 heavy (non-hydrogen) atoms. The Kier molecular flexibility index (Phi) is 4.15. The van der Waals surface area contributed by atoms with Crippen LogP contribution in [0.1, 0.15) is 58.3 Å². The lowest BCUT2D eigenvalue weighted by molar-refractivity contribution is -0.153. The molecule has 1 heterocycles. The van der Waals surface area contributed by atoms with Crippen molar-refractivity contribution in [3.8, 4) is 0 Å². The molecule has 0 amide bonds. The highest BCUT2D eigenvalue weighted by Crippen LogP contribution is 2.68. The topological polar surface area (TPSA) is 17.1 Å². The van der Waals surface area contributed by atoms with Gasteiger partial charge < -0.3 is 0 Å². The van der Waals surface area contributed by atoms with Gasteiger partial charge in [-0.1, -0.05) is 18.6 Å². The van der Waals surface area contributed by atoms with Crippen molar-refractivity contribution in [1.29, 1.82) is 0 Å². The fraction of sp³-hybridized carbons (Fsp3) is 0.857. The SMILES string of the molecule is C[C@]12CCC3(C=C1CC[C@@H]1[C@@H]2CC[C@]2(C(F)F)C(=O)CC[C@@H]12)SCCS3. The molecule has 0 aromatic rings. The van der Waals surface area contributed by atoms with E-state index in [0.717, 1.165) is 19.3 Å². The minimum atomic E-state index is -2.48. The van der Waals surface area contributed by atoms with Crippen molar-refractivity contribution in [3.05, 3.63) is 11.6 Å². The number of carbonyl (C=O) groups excluding carboxylic acids is 1. The second-order valence-electron chi connectivity index (χ2n) is 9.35. The smallest absolute Gasteiger partial charge is 0.251 e. The van der Waals surface area contributed by atoms with E-state index in [-0.39, 0.29) is 17.1 Å². The van der Waals surface area contributed by atoms with E-state index >= 15 is 0 Å². The molecule has 5 rings (SSSR count). The zero-order chi connectivity index (χ0) is 18.2. The molecule has 1 spiro atoms. The van der Waals surface area contributed by atoms with Crippen LogP contribution in [0.3, 0.4) is 0 Å². The molecule has 5 aliphatic rings. The van der Waals surface area contributed by atoms with E-state index in [4.69, 9.17) is 0 Å². The number of thioether (sulfide) groups is 2. The molecule has 0 N–H and O–H groups in total. The van der Waals surface area contributed by atoms with Crippen molar-refractivity contribution in [2.45, 2.75) is 68.8 Å². The van der Waals surface area contributed by atoms with Crippen LogP contribution in [0.25, 0.3) is 0 Å². The summed E-state index contributed by atoms with van der Waals surface area (Å²) in [7, 11) is 0. The second-order valence-corrected chi connectivity index (χ2v) is 12.5. The first-order valence-corrected chi connectivity index (χ1v) is 12.2. The van der Waals surface area contributed by atoms with Gasteiger partial charge in [0.05, 0.1) is 9.49 Å². The van der Waals surface area contributed by atoms with Gasteiger partial charge in [0.1, 0.15) is 5.78 Å². The molecule has 0 radical (unpaired) electrons. The minimum Gasteiger partial charge on any atom is -0.299 e. The quantitative estimate of drug-likeness (QED) is 0.509. The van der Waals surface area contributed by atoms with Crippen LogP contribution < -0.4 is 0 Å². The summed E-state index contributed by atoms with van der Waals surface area (Å²) < 4.78 is 28.4. The lowest BCUT2D eigenvalue weighted by Gasteiger charge is -2.58. The number of hydrogen-bond donors (Lipinski definition) is 0. The van der Waals surface area contributed by atoms with E-state index in [1.54, 1.807) is 5.57 Å². The Morgan fingerprint density at radius 1 is 1.04 bits per heavy atom. The van der Waals surface area contributed by atoms with E-state index in [2.05, 4.69) is 36.5 Å². The summed E-state index contributed by atoms with van der Waals surface area (Å²) in [5, 5.41) is 0. The van der Waals surface area contributed by atoms with Gasteiger partial charge in [0.2, 0.25) is 0 Å². The van der Waals surface area contributed by atoms with Crippen LogP contribution in [0.5, 0.6) is 0 Å². The van der Waals surface area contributed by atoms with Crippen LogP contribution in [0, 0.1) is 28.6 Å². The molecule has 3 saturated carbocycles. The van der Waals surface area contributed by atoms with Gasteiger partial charge in [-0.3, -0.25) is 4.79 Å². The highest BCUT2D eigenvalue weighted by Gasteiger charge is 2.64. The summed E-state index contributed by atoms with van der Waals surface area (Å²) in [6, 6.07) is 0. The van der Waals surface area contributed by atoms with E-state index < -0.39 is 11.8 Å². The molecule has 4 aliphatic carbocycles. The van der Waals surface area contributed by atoms with E-state index in [1.807, 2.05) is 0 Å². The van der Waals surface area contributed by atoms with Gasteiger partial charge in [0, 0.05) is 17.9 Å². The monoisotopic (exact) mass is 398 g/mol. The summed E-state index contributed by atoms with van der Waals surface area (Å²) in [5.74, 6) is 3.11. The van der Waals surface area contributed by atoms with Crippen LogP contribution in [0.2, 0.25) is 0 Å². The van der Waals surface area contributed by atoms with E-state index in [9.17, 15) is 13.6 Å². The highest BCUT2D eigenvalue weighted by atomic mass is 32.2. The Bertz CT molecular complexity index is 656. The zero-order valence-electron chi connectivity index (χ0n) is 15.4. The molecule has 5 atom stereocenters. The fourth-order valence-corrected chi connectivity index (χ4v) is 10.4. The Hall–Kier alpha value is -0.0300. The molecule has 1 aliphatic heterocycles. The Morgan fingerprint density at radius 2 is 1.81 bits per heavy atom. The number of fused-ring (bicyclic) bond motifs is 5. The van der Waals surface area contributed by atoms with Gasteiger partial charge in [-0.25, -0.2) is 8.78 Å². The number of allylic oxidation sites excluding steroid dienone is 1. The van der Waals surface area contributed by atoms with Crippen LogP contribution in [0.15, 0.2) is 11.6 Å². The van der Waals surface area contributed by atoms with Crippen LogP contribution >= 0.6 is 23.5 Å². The number of alkyl halides is 2. The van der Waals surface area contributed by atoms with Crippen molar-refractivity contribution in [1.82, 2.24) is 0 Å². The van der Waals surface area contributed by atoms with E-state index in [0.29, 0.717) is 35.2 Å². The predicted octanol–water partition coefficient (Wildman–Crippen LogP) is 5.94. The average molecular weight is 399 g/mol. The molecule has 0 bridgehead atoms. The zero-order valence-corrected chi connectivity index (χ0v) is 17.1. The van der Waals surface area contributed by atoms with E-state index in [1.165, 1.54) is 24.3 Å². The van der Waals surface area contributed by atoms with Crippen LogP contribution in [-0.4, -0.2) is 27.8 Å². The first kappa shape index (κ1) is 18.0. The van der Waals surface area contributed by atoms with Crippen molar-refractivity contribution in [2.24, 2.45) is 28.6 Å². The minimum absolute atomic E-state index is 0.0711. The van der Waals surface area contributed by atoms with Gasteiger partial charge in [-0.15, -0.1) is 23.5 Å². The normalized spacial score (nSPS) is 46.8. The standard InChI is InChI=1S/C21H28F2OS2/c1-19-8-9-20(25-10-11-26-20)12-13(19)2-3-14-15(19)6-7-21(18(22)23)16(14)4-5-17(21)24/h12,14-16,18H,2-11H2,1H3/t14-,15+,16+,19+,21-/m1/s1. The molecule has 0 aromatic heterocycles. The molecular weight excluding hydrogens is 370 g/mol. The van der Waals surface area contributed by atoms with Gasteiger partial charge >= 0.3 is 0 Å². The molecule has 0 aromatic carbocycles. The van der Waals surface area contributed by atoms with Gasteiger partial charge in [0.25, 0.3) is 6.43 Å². The second kappa shape index (κ2) is 5.98. The number of hydrogen-bond acceptors (Lipinski definition) is 3. The lowest BCUT2D eigenvalue weighted by Crippen LogP contribution is -2.54. The number of Topliss-reactive ketones (excluding diaryl/α,β-unsaturated/α-hetero) is 1. The summed E-state index contributed by atoms with van der Waals surface area (Å²) >= 11 is 4.22. The molecular formula is C21H28F2OS2. The maximum Gasteiger partial charge on any atom is 0.251 e. The highest BCUT2D eigenvalue weighted by molar-refractivity contribution is 8.21. The molecule has 1 nitrogen and oxygen atoms in total. The van der Waals surface area contributed by atoms with Gasteiger partial charge in [0.15, 0.2) is 0 Å².